The summed E-state index contributed by atoms with van der Waals surface area (Å²) in [7, 11) is 0. The first-order valence-corrected chi connectivity index (χ1v) is 10.4. The Morgan fingerprint density at radius 2 is 1.60 bits per heavy atom. The van der Waals surface area contributed by atoms with Crippen LogP contribution in [0.15, 0.2) is 59.6 Å². The number of nitrogens with zero attached hydrogens (tertiary/aromatic N) is 1. The largest absolute Gasteiger partial charge is 0.481 e. The fourth-order valence-electron chi connectivity index (χ4n) is 3.45. The number of guanidine groups is 1. The number of aliphatic carboxylic acids is 1. The number of aliphatic imine (C=N–C) groups is 1. The lowest BCUT2D eigenvalue weighted by atomic mass is 9.75. The highest BCUT2D eigenvalue weighted by Gasteiger charge is 2.35. The smallest absolute Gasteiger partial charge is 0.307 e. The number of anilines is 1. The summed E-state index contributed by atoms with van der Waals surface area (Å²) in [6.45, 7) is 10.8. The van der Waals surface area contributed by atoms with Crippen molar-refractivity contribution >= 4 is 17.6 Å². The lowest BCUT2D eigenvalue weighted by Crippen LogP contribution is -2.36. The van der Waals surface area contributed by atoms with E-state index >= 15 is 0 Å². The van der Waals surface area contributed by atoms with E-state index in [2.05, 4.69) is 43.2 Å². The average Bonchev–Trinajstić information content (AvgIpc) is 2.65. The topological polar surface area (TPSA) is 87.7 Å². The molecule has 0 aliphatic heterocycles. The molecular formula is C25H35N3O2. The fourth-order valence-corrected chi connectivity index (χ4v) is 3.45. The Morgan fingerprint density at radius 3 is 2.13 bits per heavy atom. The van der Waals surface area contributed by atoms with Crippen molar-refractivity contribution in [2.45, 2.75) is 47.5 Å². The molecule has 0 spiro atoms. The van der Waals surface area contributed by atoms with Crippen LogP contribution in [-0.4, -0.2) is 23.6 Å². The zero-order valence-electron chi connectivity index (χ0n) is 18.8. The number of nitrogens with one attached hydrogen (secondary N) is 1. The summed E-state index contributed by atoms with van der Waals surface area (Å²) >= 11 is 0. The molecule has 0 aliphatic rings. The van der Waals surface area contributed by atoms with Crippen molar-refractivity contribution in [2.24, 2.45) is 27.5 Å². The molecule has 4 N–H and O–H groups in total. The number of nitrogens with two attached hydrogens (primary N) is 1. The van der Waals surface area contributed by atoms with E-state index in [1.807, 2.05) is 56.3 Å². The Kier molecular flexibility index (Phi) is 7.65. The van der Waals surface area contributed by atoms with Crippen LogP contribution in [0.3, 0.4) is 0 Å². The molecule has 0 bridgehead atoms. The van der Waals surface area contributed by atoms with E-state index in [9.17, 15) is 9.90 Å². The monoisotopic (exact) mass is 409 g/mol. The average molecular weight is 410 g/mol. The first-order chi connectivity index (χ1) is 14.0. The van der Waals surface area contributed by atoms with E-state index < -0.39 is 17.3 Å². The highest BCUT2D eigenvalue weighted by molar-refractivity contribution is 5.92. The van der Waals surface area contributed by atoms with Crippen molar-refractivity contribution in [3.8, 4) is 0 Å². The van der Waals surface area contributed by atoms with Gasteiger partial charge in [-0.3, -0.25) is 9.79 Å². The highest BCUT2D eigenvalue weighted by Crippen LogP contribution is 2.31. The van der Waals surface area contributed by atoms with E-state index in [1.54, 1.807) is 0 Å². The molecule has 2 aromatic carbocycles. The molecule has 5 heteroatoms. The summed E-state index contributed by atoms with van der Waals surface area (Å²) in [6, 6.07) is 17.8. The quantitative estimate of drug-likeness (QED) is 0.424. The molecule has 0 saturated carbocycles. The van der Waals surface area contributed by atoms with E-state index in [4.69, 9.17) is 5.73 Å². The second kappa shape index (κ2) is 9.79. The van der Waals surface area contributed by atoms with Gasteiger partial charge in [-0.25, -0.2) is 0 Å². The number of carboxylic acids is 1. The minimum absolute atomic E-state index is 0.238. The molecule has 162 valence electrons. The third-order valence-electron chi connectivity index (χ3n) is 5.14. The molecule has 0 amide bonds. The van der Waals surface area contributed by atoms with E-state index in [1.165, 1.54) is 5.56 Å². The van der Waals surface area contributed by atoms with Crippen LogP contribution in [0.2, 0.25) is 0 Å². The lowest BCUT2D eigenvalue weighted by molar-refractivity contribution is -0.145. The molecule has 1 unspecified atom stereocenters. The Balaban J connectivity index is 2.02. The minimum atomic E-state index is -0.819. The minimum Gasteiger partial charge on any atom is -0.481 e. The Bertz CT molecular complexity index is 850. The van der Waals surface area contributed by atoms with Crippen LogP contribution >= 0.6 is 0 Å². The van der Waals surface area contributed by atoms with Gasteiger partial charge in [0, 0.05) is 12.2 Å². The van der Waals surface area contributed by atoms with Crippen LogP contribution in [0.25, 0.3) is 0 Å². The SMILES string of the molecule is CC(C)(C)Cc1ccc(NC(N)=NCC(C)(C)C(Cc2ccccc2)C(=O)O)cc1. The maximum absolute atomic E-state index is 11.9. The Morgan fingerprint density at radius 1 is 1.00 bits per heavy atom. The predicted octanol–water partition coefficient (Wildman–Crippen LogP) is 4.97. The number of rotatable bonds is 8. The standard InChI is InChI=1S/C25H35N3O2/c1-24(2,3)16-19-11-13-20(14-12-19)28-23(26)27-17-25(4,5)21(22(29)30)15-18-9-7-6-8-10-18/h6-14,21H,15-17H2,1-5H3,(H,29,30)(H3,26,27,28). The number of carboxylic acid groups (broad SMARTS) is 1. The Labute approximate surface area is 180 Å². The van der Waals surface area contributed by atoms with Gasteiger partial charge in [-0.2, -0.15) is 0 Å². The first kappa shape index (κ1) is 23.5. The van der Waals surface area contributed by atoms with Crippen molar-refractivity contribution in [2.75, 3.05) is 11.9 Å². The maximum atomic E-state index is 11.9. The number of hydrogen-bond acceptors (Lipinski definition) is 2. The van der Waals surface area contributed by atoms with Crippen LogP contribution in [0.5, 0.6) is 0 Å². The zero-order valence-corrected chi connectivity index (χ0v) is 18.8. The molecule has 0 fully saturated rings. The molecule has 2 aromatic rings. The van der Waals surface area contributed by atoms with Gasteiger partial charge in [-0.1, -0.05) is 77.1 Å². The first-order valence-electron chi connectivity index (χ1n) is 10.4. The van der Waals surface area contributed by atoms with Gasteiger partial charge in [-0.05, 0) is 46.9 Å². The molecule has 1 atom stereocenters. The summed E-state index contributed by atoms with van der Waals surface area (Å²) in [5.41, 5.74) is 8.90. The van der Waals surface area contributed by atoms with Gasteiger partial charge < -0.3 is 16.2 Å². The van der Waals surface area contributed by atoms with Gasteiger partial charge in [0.1, 0.15) is 0 Å². The number of carbonyl (C=O) groups is 1. The van der Waals surface area contributed by atoms with Crippen LogP contribution in [0.4, 0.5) is 5.69 Å². The van der Waals surface area contributed by atoms with Gasteiger partial charge in [-0.15, -0.1) is 0 Å². The molecule has 30 heavy (non-hydrogen) atoms. The highest BCUT2D eigenvalue weighted by atomic mass is 16.4. The van der Waals surface area contributed by atoms with Crippen LogP contribution < -0.4 is 11.1 Å². The van der Waals surface area contributed by atoms with E-state index in [-0.39, 0.29) is 11.4 Å². The van der Waals surface area contributed by atoms with Gasteiger partial charge >= 0.3 is 5.97 Å². The van der Waals surface area contributed by atoms with Crippen molar-refractivity contribution in [1.29, 1.82) is 0 Å². The van der Waals surface area contributed by atoms with Crippen LogP contribution in [-0.2, 0) is 17.6 Å². The zero-order chi connectivity index (χ0) is 22.4. The molecule has 0 aromatic heterocycles. The summed E-state index contributed by atoms with van der Waals surface area (Å²) in [4.78, 5) is 16.4. The van der Waals surface area contributed by atoms with Crippen molar-refractivity contribution in [3.05, 3.63) is 65.7 Å². The van der Waals surface area contributed by atoms with Gasteiger partial charge in [0.05, 0.1) is 5.92 Å². The summed E-state index contributed by atoms with van der Waals surface area (Å²) in [6.07, 6.45) is 1.46. The number of hydrogen-bond donors (Lipinski definition) is 3. The maximum Gasteiger partial charge on any atom is 0.307 e. The van der Waals surface area contributed by atoms with Crippen molar-refractivity contribution in [3.63, 3.8) is 0 Å². The molecule has 0 radical (unpaired) electrons. The normalized spacial score (nSPS) is 13.7. The third-order valence-corrected chi connectivity index (χ3v) is 5.14. The molecule has 2 rings (SSSR count). The van der Waals surface area contributed by atoms with Crippen molar-refractivity contribution in [1.82, 2.24) is 0 Å². The second-order valence-corrected chi connectivity index (χ2v) is 9.83. The van der Waals surface area contributed by atoms with E-state index in [0.29, 0.717) is 13.0 Å². The molecule has 0 saturated heterocycles. The predicted molar refractivity (Wildman–Crippen MR) is 125 cm³/mol. The summed E-state index contributed by atoms with van der Waals surface area (Å²) in [5, 5.41) is 12.9. The van der Waals surface area contributed by atoms with Crippen molar-refractivity contribution < 1.29 is 9.90 Å². The molecule has 0 heterocycles. The molecular weight excluding hydrogens is 374 g/mol. The fraction of sp³-hybridized carbons (Fsp3) is 0.440. The van der Waals surface area contributed by atoms with Gasteiger partial charge in [0.15, 0.2) is 5.96 Å². The van der Waals surface area contributed by atoms with Crippen LogP contribution in [0, 0.1) is 16.7 Å². The summed E-state index contributed by atoms with van der Waals surface area (Å²) < 4.78 is 0. The van der Waals surface area contributed by atoms with Gasteiger partial charge in [0.2, 0.25) is 0 Å². The number of benzene rings is 2. The third kappa shape index (κ3) is 7.54. The summed E-state index contributed by atoms with van der Waals surface area (Å²) in [5.74, 6) is -1.09. The van der Waals surface area contributed by atoms with Crippen LogP contribution in [0.1, 0.15) is 45.7 Å². The lowest BCUT2D eigenvalue weighted by Gasteiger charge is -2.30. The Hall–Kier alpha value is -2.82. The van der Waals surface area contributed by atoms with E-state index in [0.717, 1.165) is 17.7 Å². The second-order valence-electron chi connectivity index (χ2n) is 9.83. The van der Waals surface area contributed by atoms with Gasteiger partial charge in [0.25, 0.3) is 0 Å². The molecule has 0 aliphatic carbocycles. The molecule has 5 nitrogen and oxygen atoms in total.